The standard InChI is InChI=1S/C10H17N3O2/c1-10(2,8-15-3)9(12-14)7-13-6-4-5-11-13/h4-6,14H,7-8H2,1-3H3/b12-9-. The molecule has 0 bridgehead atoms. The van der Waals surface area contributed by atoms with Crippen molar-refractivity contribution in [1.29, 1.82) is 0 Å². The summed E-state index contributed by atoms with van der Waals surface area (Å²) in [6.07, 6.45) is 3.52. The van der Waals surface area contributed by atoms with Crippen LogP contribution in [0.4, 0.5) is 0 Å². The molecule has 0 spiro atoms. The highest BCUT2D eigenvalue weighted by Gasteiger charge is 2.26. The minimum Gasteiger partial charge on any atom is -0.411 e. The van der Waals surface area contributed by atoms with Gasteiger partial charge in [-0.3, -0.25) is 4.68 Å². The second kappa shape index (κ2) is 4.93. The number of rotatable bonds is 5. The quantitative estimate of drug-likeness (QED) is 0.455. The second-order valence-electron chi connectivity index (χ2n) is 4.07. The van der Waals surface area contributed by atoms with Crippen LogP contribution < -0.4 is 0 Å². The average Bonchev–Trinajstić information content (AvgIpc) is 2.66. The van der Waals surface area contributed by atoms with Gasteiger partial charge in [0.1, 0.15) is 0 Å². The number of nitrogens with zero attached hydrogens (tertiary/aromatic N) is 3. The third-order valence-electron chi connectivity index (χ3n) is 2.28. The highest BCUT2D eigenvalue weighted by molar-refractivity contribution is 5.89. The van der Waals surface area contributed by atoms with Crippen LogP contribution in [0.2, 0.25) is 0 Å². The summed E-state index contributed by atoms with van der Waals surface area (Å²) in [6.45, 7) is 4.91. The van der Waals surface area contributed by atoms with E-state index in [2.05, 4.69) is 10.3 Å². The van der Waals surface area contributed by atoms with Gasteiger partial charge in [-0.1, -0.05) is 19.0 Å². The summed E-state index contributed by atoms with van der Waals surface area (Å²) in [7, 11) is 1.63. The third kappa shape index (κ3) is 3.06. The van der Waals surface area contributed by atoms with Crippen LogP contribution in [0.3, 0.4) is 0 Å². The van der Waals surface area contributed by atoms with Gasteiger partial charge in [0.05, 0.1) is 18.9 Å². The van der Waals surface area contributed by atoms with E-state index in [1.165, 1.54) is 0 Å². The van der Waals surface area contributed by atoms with Crippen LogP contribution in [0.15, 0.2) is 23.6 Å². The molecule has 5 heteroatoms. The average molecular weight is 211 g/mol. The Balaban J connectivity index is 2.72. The fourth-order valence-corrected chi connectivity index (χ4v) is 1.37. The molecule has 1 aromatic heterocycles. The summed E-state index contributed by atoms with van der Waals surface area (Å²) in [4.78, 5) is 0. The predicted octanol–water partition coefficient (Wildman–Crippen LogP) is 1.39. The fraction of sp³-hybridized carbons (Fsp3) is 0.600. The van der Waals surface area contributed by atoms with Crippen molar-refractivity contribution in [3.63, 3.8) is 0 Å². The number of hydrogen-bond donors (Lipinski definition) is 1. The molecule has 0 saturated heterocycles. The van der Waals surface area contributed by atoms with Gasteiger partial charge in [-0.05, 0) is 6.07 Å². The van der Waals surface area contributed by atoms with Gasteiger partial charge >= 0.3 is 0 Å². The lowest BCUT2D eigenvalue weighted by Crippen LogP contribution is -2.32. The number of ether oxygens (including phenoxy) is 1. The summed E-state index contributed by atoms with van der Waals surface area (Å²) in [6, 6.07) is 1.83. The molecule has 0 aromatic carbocycles. The van der Waals surface area contributed by atoms with Gasteiger partial charge in [0.2, 0.25) is 0 Å². The number of oxime groups is 1. The maximum Gasteiger partial charge on any atom is 0.0864 e. The predicted molar refractivity (Wildman–Crippen MR) is 57.1 cm³/mol. The van der Waals surface area contributed by atoms with Gasteiger partial charge in [0.25, 0.3) is 0 Å². The molecule has 15 heavy (non-hydrogen) atoms. The van der Waals surface area contributed by atoms with Crippen LogP contribution in [0.5, 0.6) is 0 Å². The Morgan fingerprint density at radius 3 is 2.80 bits per heavy atom. The molecule has 0 unspecified atom stereocenters. The van der Waals surface area contributed by atoms with E-state index < -0.39 is 0 Å². The smallest absolute Gasteiger partial charge is 0.0864 e. The lowest BCUT2D eigenvalue weighted by Gasteiger charge is -2.24. The van der Waals surface area contributed by atoms with Gasteiger partial charge < -0.3 is 9.94 Å². The van der Waals surface area contributed by atoms with Crippen molar-refractivity contribution in [2.45, 2.75) is 20.4 Å². The van der Waals surface area contributed by atoms with E-state index in [-0.39, 0.29) is 5.41 Å². The lowest BCUT2D eigenvalue weighted by atomic mass is 9.88. The monoisotopic (exact) mass is 211 g/mol. The molecular weight excluding hydrogens is 194 g/mol. The molecule has 0 radical (unpaired) electrons. The van der Waals surface area contributed by atoms with Crippen molar-refractivity contribution < 1.29 is 9.94 Å². The van der Waals surface area contributed by atoms with Gasteiger partial charge in [0, 0.05) is 24.9 Å². The SMILES string of the molecule is COCC(C)(C)/C(Cn1cccn1)=N\O. The molecule has 0 aliphatic heterocycles. The molecule has 0 saturated carbocycles. The van der Waals surface area contributed by atoms with Crippen molar-refractivity contribution in [3.05, 3.63) is 18.5 Å². The highest BCUT2D eigenvalue weighted by atomic mass is 16.5. The van der Waals surface area contributed by atoms with Crippen LogP contribution in [0.1, 0.15) is 13.8 Å². The van der Waals surface area contributed by atoms with Crippen molar-refractivity contribution in [1.82, 2.24) is 9.78 Å². The Bertz CT molecular complexity index is 317. The molecule has 0 aliphatic rings. The van der Waals surface area contributed by atoms with Gasteiger partial charge in [-0.2, -0.15) is 5.10 Å². The minimum absolute atomic E-state index is 0.296. The first-order valence-corrected chi connectivity index (χ1v) is 4.78. The molecule has 0 amide bonds. The zero-order chi connectivity index (χ0) is 11.3. The van der Waals surface area contributed by atoms with E-state index in [1.54, 1.807) is 18.0 Å². The van der Waals surface area contributed by atoms with E-state index in [9.17, 15) is 0 Å². The van der Waals surface area contributed by atoms with Crippen LogP contribution in [0.25, 0.3) is 0 Å². The van der Waals surface area contributed by atoms with Crippen molar-refractivity contribution in [2.75, 3.05) is 13.7 Å². The Labute approximate surface area is 89.4 Å². The van der Waals surface area contributed by atoms with Crippen molar-refractivity contribution in [3.8, 4) is 0 Å². The number of hydrogen-bond acceptors (Lipinski definition) is 4. The fourth-order valence-electron chi connectivity index (χ4n) is 1.37. The summed E-state index contributed by atoms with van der Waals surface area (Å²) in [5.74, 6) is 0. The summed E-state index contributed by atoms with van der Waals surface area (Å²) >= 11 is 0. The van der Waals surface area contributed by atoms with Crippen LogP contribution in [0, 0.1) is 5.41 Å². The normalized spacial score (nSPS) is 13.1. The first kappa shape index (κ1) is 11.7. The summed E-state index contributed by atoms with van der Waals surface area (Å²) in [5, 5.41) is 16.4. The zero-order valence-corrected chi connectivity index (χ0v) is 9.34. The Hall–Kier alpha value is -1.36. The van der Waals surface area contributed by atoms with Gasteiger partial charge in [0.15, 0.2) is 0 Å². The molecule has 1 rings (SSSR count). The van der Waals surface area contributed by atoms with E-state index in [0.29, 0.717) is 18.9 Å². The molecule has 0 fully saturated rings. The Morgan fingerprint density at radius 1 is 1.60 bits per heavy atom. The van der Waals surface area contributed by atoms with Gasteiger partial charge in [-0.25, -0.2) is 0 Å². The summed E-state index contributed by atoms with van der Waals surface area (Å²) < 4.78 is 6.80. The summed E-state index contributed by atoms with van der Waals surface area (Å²) in [5.41, 5.74) is 0.350. The zero-order valence-electron chi connectivity index (χ0n) is 9.34. The van der Waals surface area contributed by atoms with Crippen molar-refractivity contribution in [2.24, 2.45) is 10.6 Å². The van der Waals surface area contributed by atoms with E-state index in [4.69, 9.17) is 9.94 Å². The number of aromatic nitrogens is 2. The van der Waals surface area contributed by atoms with E-state index in [1.807, 2.05) is 26.1 Å². The first-order valence-electron chi connectivity index (χ1n) is 4.78. The van der Waals surface area contributed by atoms with Gasteiger partial charge in [-0.15, -0.1) is 0 Å². The first-order chi connectivity index (χ1) is 7.10. The molecule has 84 valence electrons. The minimum atomic E-state index is -0.296. The maximum atomic E-state index is 8.98. The van der Waals surface area contributed by atoms with Crippen LogP contribution in [-0.2, 0) is 11.3 Å². The molecule has 1 heterocycles. The van der Waals surface area contributed by atoms with E-state index in [0.717, 1.165) is 0 Å². The van der Waals surface area contributed by atoms with Crippen molar-refractivity contribution >= 4 is 5.71 Å². The van der Waals surface area contributed by atoms with E-state index >= 15 is 0 Å². The Kier molecular flexibility index (Phi) is 3.85. The molecule has 1 N–H and O–H groups in total. The van der Waals surface area contributed by atoms with Crippen LogP contribution in [-0.4, -0.2) is 34.4 Å². The van der Waals surface area contributed by atoms with Crippen LogP contribution >= 0.6 is 0 Å². The second-order valence-corrected chi connectivity index (χ2v) is 4.07. The Morgan fingerprint density at radius 2 is 2.33 bits per heavy atom. The maximum absolute atomic E-state index is 8.98. The molecular formula is C10H17N3O2. The molecule has 0 atom stereocenters. The lowest BCUT2D eigenvalue weighted by molar-refractivity contribution is 0.138. The highest BCUT2D eigenvalue weighted by Crippen LogP contribution is 2.19. The third-order valence-corrected chi connectivity index (χ3v) is 2.28. The molecule has 0 aliphatic carbocycles. The molecule has 5 nitrogen and oxygen atoms in total. The topological polar surface area (TPSA) is 59.6 Å². The molecule has 1 aromatic rings. The number of methoxy groups -OCH3 is 1. The largest absolute Gasteiger partial charge is 0.411 e.